The van der Waals surface area contributed by atoms with Gasteiger partial charge in [0.15, 0.2) is 9.84 Å². The van der Waals surface area contributed by atoms with Gasteiger partial charge < -0.3 is 9.80 Å². The molecule has 2 aliphatic heterocycles. The zero-order valence-electron chi connectivity index (χ0n) is 13.3. The maximum atomic E-state index is 11.8. The van der Waals surface area contributed by atoms with E-state index in [0.29, 0.717) is 19.0 Å². The van der Waals surface area contributed by atoms with Crippen molar-refractivity contribution in [3.8, 4) is 0 Å². The number of aromatic nitrogens is 2. The Kier molecular flexibility index (Phi) is 4.25. The molecule has 6 nitrogen and oxygen atoms in total. The molecule has 0 amide bonds. The van der Waals surface area contributed by atoms with Crippen molar-refractivity contribution in [3.63, 3.8) is 0 Å². The molecule has 0 aliphatic carbocycles. The van der Waals surface area contributed by atoms with Crippen molar-refractivity contribution in [2.75, 3.05) is 41.7 Å². The molecular formula is C15H24N4O2S. The summed E-state index contributed by atoms with van der Waals surface area (Å²) in [4.78, 5) is 13.1. The molecule has 0 saturated carbocycles. The van der Waals surface area contributed by atoms with Crippen LogP contribution in [0.1, 0.15) is 26.7 Å². The molecule has 0 bridgehead atoms. The average molecular weight is 324 g/mol. The molecule has 0 aromatic carbocycles. The van der Waals surface area contributed by atoms with Gasteiger partial charge in [-0.15, -0.1) is 0 Å². The van der Waals surface area contributed by atoms with Crippen LogP contribution in [0.5, 0.6) is 0 Å². The minimum absolute atomic E-state index is 0.203. The summed E-state index contributed by atoms with van der Waals surface area (Å²) in [5, 5.41) is -0.338. The molecule has 2 saturated heterocycles. The summed E-state index contributed by atoms with van der Waals surface area (Å²) in [7, 11) is -2.94. The Morgan fingerprint density at radius 1 is 1.09 bits per heavy atom. The van der Waals surface area contributed by atoms with Gasteiger partial charge in [-0.1, -0.05) is 6.92 Å². The lowest BCUT2D eigenvalue weighted by atomic mass is 10.0. The molecule has 22 heavy (non-hydrogen) atoms. The zero-order valence-corrected chi connectivity index (χ0v) is 14.1. The minimum atomic E-state index is -2.94. The first-order valence-electron chi connectivity index (χ1n) is 7.99. The molecule has 0 spiro atoms. The van der Waals surface area contributed by atoms with Gasteiger partial charge in [0, 0.05) is 32.2 Å². The monoisotopic (exact) mass is 324 g/mol. The van der Waals surface area contributed by atoms with Crippen molar-refractivity contribution in [2.24, 2.45) is 5.92 Å². The maximum absolute atomic E-state index is 11.8. The quantitative estimate of drug-likeness (QED) is 0.818. The smallest absolute Gasteiger partial charge is 0.156 e. The highest BCUT2D eigenvalue weighted by Gasteiger charge is 2.30. The van der Waals surface area contributed by atoms with E-state index in [1.807, 2.05) is 6.07 Å². The van der Waals surface area contributed by atoms with Gasteiger partial charge in [0.2, 0.25) is 0 Å². The Balaban J connectivity index is 1.77. The van der Waals surface area contributed by atoms with Crippen LogP contribution in [0.25, 0.3) is 0 Å². The Labute approximate surface area is 132 Å². The molecule has 3 heterocycles. The molecule has 0 N–H and O–H groups in total. The van der Waals surface area contributed by atoms with Gasteiger partial charge in [0.05, 0.1) is 11.0 Å². The summed E-state index contributed by atoms with van der Waals surface area (Å²) in [5.41, 5.74) is 0. The molecule has 1 aromatic heterocycles. The maximum Gasteiger partial charge on any atom is 0.156 e. The third-order valence-corrected chi connectivity index (χ3v) is 6.81. The van der Waals surface area contributed by atoms with Gasteiger partial charge in [0.1, 0.15) is 18.0 Å². The van der Waals surface area contributed by atoms with Crippen molar-refractivity contribution < 1.29 is 8.42 Å². The molecule has 0 unspecified atom stereocenters. The lowest BCUT2D eigenvalue weighted by Crippen LogP contribution is -2.46. The van der Waals surface area contributed by atoms with E-state index in [4.69, 9.17) is 0 Å². The van der Waals surface area contributed by atoms with E-state index in [9.17, 15) is 8.42 Å². The van der Waals surface area contributed by atoms with Crippen molar-refractivity contribution >= 4 is 21.5 Å². The second-order valence-electron chi connectivity index (χ2n) is 6.55. The van der Waals surface area contributed by atoms with Crippen LogP contribution >= 0.6 is 0 Å². The van der Waals surface area contributed by atoms with Crippen molar-refractivity contribution in [1.82, 2.24) is 9.97 Å². The molecule has 122 valence electrons. The van der Waals surface area contributed by atoms with Crippen molar-refractivity contribution in [2.45, 2.75) is 31.9 Å². The van der Waals surface area contributed by atoms with Crippen molar-refractivity contribution in [1.29, 1.82) is 0 Å². The van der Waals surface area contributed by atoms with E-state index >= 15 is 0 Å². The number of sulfone groups is 1. The molecular weight excluding hydrogens is 300 g/mol. The summed E-state index contributed by atoms with van der Waals surface area (Å²) >= 11 is 0. The van der Waals surface area contributed by atoms with Crippen LogP contribution in [-0.4, -0.2) is 55.6 Å². The minimum Gasteiger partial charge on any atom is -0.356 e. The van der Waals surface area contributed by atoms with Gasteiger partial charge in [-0.3, -0.25) is 0 Å². The molecule has 7 heteroatoms. The number of rotatable bonds is 2. The Morgan fingerprint density at radius 3 is 2.41 bits per heavy atom. The number of anilines is 2. The summed E-state index contributed by atoms with van der Waals surface area (Å²) < 4.78 is 23.7. The number of piperidine rings is 1. The standard InChI is InChI=1S/C15H24N4O2S/c1-12-4-3-5-18(9-12)14-8-15(17-11-16-14)19-6-7-22(20,21)13(2)10-19/h8,11-13H,3-7,9-10H2,1-2H3/t12-,13+/m0/s1. The van der Waals surface area contributed by atoms with Crippen LogP contribution in [0.3, 0.4) is 0 Å². The van der Waals surface area contributed by atoms with Gasteiger partial charge in [-0.25, -0.2) is 18.4 Å². The molecule has 2 fully saturated rings. The van der Waals surface area contributed by atoms with Crippen LogP contribution in [0.4, 0.5) is 11.6 Å². The lowest BCUT2D eigenvalue weighted by molar-refractivity contribution is 0.444. The van der Waals surface area contributed by atoms with Gasteiger partial charge in [-0.05, 0) is 25.7 Å². The Bertz CT molecular complexity index is 634. The van der Waals surface area contributed by atoms with E-state index in [1.54, 1.807) is 13.3 Å². The molecule has 1 aromatic rings. The average Bonchev–Trinajstić information content (AvgIpc) is 2.50. The lowest BCUT2D eigenvalue weighted by Gasteiger charge is -2.34. The van der Waals surface area contributed by atoms with E-state index in [2.05, 4.69) is 26.7 Å². The molecule has 0 radical (unpaired) electrons. The van der Waals surface area contributed by atoms with Crippen LogP contribution in [0.15, 0.2) is 12.4 Å². The SMILES string of the molecule is C[C@H]1CCCN(c2cc(N3CCS(=O)(=O)[C@H](C)C3)ncn2)C1. The Morgan fingerprint density at radius 2 is 1.77 bits per heavy atom. The normalized spacial score (nSPS) is 28.6. The number of nitrogens with zero attached hydrogens (tertiary/aromatic N) is 4. The second-order valence-corrected chi connectivity index (χ2v) is 9.09. The van der Waals surface area contributed by atoms with E-state index in [0.717, 1.165) is 24.7 Å². The highest BCUT2D eigenvalue weighted by Crippen LogP contribution is 2.25. The van der Waals surface area contributed by atoms with Gasteiger partial charge in [0.25, 0.3) is 0 Å². The zero-order chi connectivity index (χ0) is 15.7. The third-order valence-electron chi connectivity index (χ3n) is 4.68. The van der Waals surface area contributed by atoms with Crippen LogP contribution in [0.2, 0.25) is 0 Å². The highest BCUT2D eigenvalue weighted by atomic mass is 32.2. The molecule has 3 rings (SSSR count). The fourth-order valence-electron chi connectivity index (χ4n) is 3.24. The largest absolute Gasteiger partial charge is 0.356 e. The van der Waals surface area contributed by atoms with Crippen molar-refractivity contribution in [3.05, 3.63) is 12.4 Å². The predicted octanol–water partition coefficient (Wildman–Crippen LogP) is 1.34. The Hall–Kier alpha value is -1.37. The fourth-order valence-corrected chi connectivity index (χ4v) is 4.53. The highest BCUT2D eigenvalue weighted by molar-refractivity contribution is 7.92. The molecule has 2 atom stereocenters. The number of hydrogen-bond donors (Lipinski definition) is 0. The molecule has 2 aliphatic rings. The summed E-state index contributed by atoms with van der Waals surface area (Å²) in [6.45, 7) is 7.13. The van der Waals surface area contributed by atoms with Crippen LogP contribution in [-0.2, 0) is 9.84 Å². The first-order chi connectivity index (χ1) is 10.5. The predicted molar refractivity (Wildman–Crippen MR) is 88.1 cm³/mol. The van der Waals surface area contributed by atoms with Crippen LogP contribution < -0.4 is 9.80 Å². The number of hydrogen-bond acceptors (Lipinski definition) is 6. The van der Waals surface area contributed by atoms with E-state index < -0.39 is 9.84 Å². The van der Waals surface area contributed by atoms with Gasteiger partial charge in [-0.2, -0.15) is 0 Å². The summed E-state index contributed by atoms with van der Waals surface area (Å²) in [5.74, 6) is 2.68. The first kappa shape index (κ1) is 15.5. The van der Waals surface area contributed by atoms with E-state index in [1.165, 1.54) is 12.8 Å². The summed E-state index contributed by atoms with van der Waals surface area (Å²) in [6, 6.07) is 2.00. The topological polar surface area (TPSA) is 66.4 Å². The second kappa shape index (κ2) is 6.02. The first-order valence-corrected chi connectivity index (χ1v) is 9.71. The van der Waals surface area contributed by atoms with Crippen LogP contribution in [0, 0.1) is 5.92 Å². The fraction of sp³-hybridized carbons (Fsp3) is 0.733. The van der Waals surface area contributed by atoms with E-state index in [-0.39, 0.29) is 11.0 Å². The van der Waals surface area contributed by atoms with Gasteiger partial charge >= 0.3 is 0 Å². The third kappa shape index (κ3) is 3.19. The summed E-state index contributed by atoms with van der Waals surface area (Å²) in [6.07, 6.45) is 4.06.